The minimum absolute atomic E-state index is 0.0107. The highest BCUT2D eigenvalue weighted by Gasteiger charge is 2.28. The second-order valence-corrected chi connectivity index (χ2v) is 9.03. The summed E-state index contributed by atoms with van der Waals surface area (Å²) in [6.07, 6.45) is -0.580. The van der Waals surface area contributed by atoms with Gasteiger partial charge in [-0.25, -0.2) is 0 Å². The van der Waals surface area contributed by atoms with Gasteiger partial charge in [-0.05, 0) is 22.0 Å². The lowest BCUT2D eigenvalue weighted by Crippen LogP contribution is -2.47. The van der Waals surface area contributed by atoms with Crippen LogP contribution in [0.4, 0.5) is 0 Å². The third-order valence-corrected chi connectivity index (χ3v) is 4.72. The predicted octanol–water partition coefficient (Wildman–Crippen LogP) is 2.67. The van der Waals surface area contributed by atoms with Crippen molar-refractivity contribution in [2.75, 3.05) is 19.7 Å². The molecular formula is C20H32N2O3. The minimum Gasteiger partial charge on any atom is -0.507 e. The van der Waals surface area contributed by atoms with Crippen molar-refractivity contribution in [3.8, 4) is 5.75 Å². The third kappa shape index (κ3) is 4.73. The maximum absolute atomic E-state index is 11.4. The number of rotatable bonds is 3. The van der Waals surface area contributed by atoms with Gasteiger partial charge in [-0.1, -0.05) is 53.7 Å². The van der Waals surface area contributed by atoms with Crippen LogP contribution < -0.4 is 5.73 Å². The molecular weight excluding hydrogens is 316 g/mol. The maximum atomic E-state index is 11.4. The number of primary amides is 1. The number of carbonyl (C=O) groups excluding carboxylic acids is 1. The minimum atomic E-state index is -0.580. The standard InChI is InChI=1S/C20H32N2O3/c1-19(2,3)14-9-13(17(23)15(10-14)20(4,5)6)11-22-7-8-25-16(12-22)18(21)24/h9-10,16,23H,7-8,11-12H2,1-6H3,(H2,21,24)/t16-/m0/s1. The van der Waals surface area contributed by atoms with Crippen LogP contribution in [0, 0.1) is 0 Å². The van der Waals surface area contributed by atoms with E-state index in [-0.39, 0.29) is 10.8 Å². The summed E-state index contributed by atoms with van der Waals surface area (Å²) >= 11 is 0. The number of phenolic OH excluding ortho intramolecular Hbond substituents is 1. The van der Waals surface area contributed by atoms with Crippen molar-refractivity contribution < 1.29 is 14.6 Å². The van der Waals surface area contributed by atoms with Crippen molar-refractivity contribution in [1.82, 2.24) is 4.90 Å². The van der Waals surface area contributed by atoms with Crippen molar-refractivity contribution in [3.63, 3.8) is 0 Å². The van der Waals surface area contributed by atoms with E-state index in [4.69, 9.17) is 10.5 Å². The Bertz CT molecular complexity index is 642. The van der Waals surface area contributed by atoms with Crippen molar-refractivity contribution in [1.29, 1.82) is 0 Å². The summed E-state index contributed by atoms with van der Waals surface area (Å²) in [6.45, 7) is 15.1. The van der Waals surface area contributed by atoms with Crippen LogP contribution in [0.1, 0.15) is 58.2 Å². The van der Waals surface area contributed by atoms with Crippen LogP contribution in [0.25, 0.3) is 0 Å². The van der Waals surface area contributed by atoms with Crippen molar-refractivity contribution in [2.45, 2.75) is 65.0 Å². The molecule has 1 fully saturated rings. The Kier molecular flexibility index (Phi) is 5.50. The van der Waals surface area contributed by atoms with Crippen LogP contribution >= 0.6 is 0 Å². The topological polar surface area (TPSA) is 75.8 Å². The lowest BCUT2D eigenvalue weighted by Gasteiger charge is -2.33. The molecule has 0 saturated carbocycles. The molecule has 0 unspecified atom stereocenters. The normalized spacial score (nSPS) is 19.8. The highest BCUT2D eigenvalue weighted by molar-refractivity contribution is 5.79. The molecule has 5 heteroatoms. The number of carbonyl (C=O) groups is 1. The van der Waals surface area contributed by atoms with Gasteiger partial charge in [-0.15, -0.1) is 0 Å². The molecule has 0 aromatic heterocycles. The number of nitrogens with zero attached hydrogens (tertiary/aromatic N) is 1. The Balaban J connectivity index is 2.38. The molecule has 0 bridgehead atoms. The Morgan fingerprint density at radius 2 is 1.88 bits per heavy atom. The highest BCUT2D eigenvalue weighted by atomic mass is 16.5. The summed E-state index contributed by atoms with van der Waals surface area (Å²) < 4.78 is 5.41. The molecule has 0 spiro atoms. The summed E-state index contributed by atoms with van der Waals surface area (Å²) in [5.41, 5.74) is 8.26. The largest absolute Gasteiger partial charge is 0.507 e. The zero-order chi connectivity index (χ0) is 19.0. The third-order valence-electron chi connectivity index (χ3n) is 4.72. The monoisotopic (exact) mass is 348 g/mol. The number of morpholine rings is 1. The van der Waals surface area contributed by atoms with Crippen molar-refractivity contribution in [2.24, 2.45) is 5.73 Å². The van der Waals surface area contributed by atoms with Crippen LogP contribution in [0.15, 0.2) is 12.1 Å². The van der Waals surface area contributed by atoms with E-state index in [1.165, 1.54) is 5.56 Å². The van der Waals surface area contributed by atoms with Gasteiger partial charge in [0.1, 0.15) is 11.9 Å². The second kappa shape index (κ2) is 6.96. The molecule has 2 rings (SSSR count). The van der Waals surface area contributed by atoms with Crippen molar-refractivity contribution >= 4 is 5.91 Å². The van der Waals surface area contributed by atoms with Gasteiger partial charge in [0.2, 0.25) is 5.91 Å². The average Bonchev–Trinajstić information content (AvgIpc) is 2.47. The molecule has 1 amide bonds. The molecule has 1 aliphatic rings. The number of aromatic hydroxyl groups is 1. The first-order valence-electron chi connectivity index (χ1n) is 8.89. The first-order chi connectivity index (χ1) is 11.4. The number of phenols is 1. The molecule has 0 aliphatic carbocycles. The van der Waals surface area contributed by atoms with Crippen LogP contribution in [-0.2, 0) is 26.9 Å². The molecule has 1 heterocycles. The highest BCUT2D eigenvalue weighted by Crippen LogP contribution is 2.38. The lowest BCUT2D eigenvalue weighted by molar-refractivity contribution is -0.135. The maximum Gasteiger partial charge on any atom is 0.247 e. The van der Waals surface area contributed by atoms with E-state index in [2.05, 4.69) is 58.6 Å². The summed E-state index contributed by atoms with van der Waals surface area (Å²) in [4.78, 5) is 13.5. The van der Waals surface area contributed by atoms with E-state index in [0.29, 0.717) is 32.0 Å². The fourth-order valence-corrected chi connectivity index (χ4v) is 3.08. The first-order valence-corrected chi connectivity index (χ1v) is 8.89. The van der Waals surface area contributed by atoms with E-state index in [1.807, 2.05) is 0 Å². The van der Waals surface area contributed by atoms with Gasteiger partial charge in [0.15, 0.2) is 0 Å². The van der Waals surface area contributed by atoms with E-state index in [0.717, 1.165) is 11.1 Å². The van der Waals surface area contributed by atoms with Crippen LogP contribution in [0.2, 0.25) is 0 Å². The number of ether oxygens (including phenoxy) is 1. The van der Waals surface area contributed by atoms with Gasteiger partial charge < -0.3 is 15.6 Å². The zero-order valence-corrected chi connectivity index (χ0v) is 16.3. The molecule has 25 heavy (non-hydrogen) atoms. The summed E-state index contributed by atoms with van der Waals surface area (Å²) in [5.74, 6) is -0.0876. The van der Waals surface area contributed by atoms with Crippen LogP contribution in [-0.4, -0.2) is 41.7 Å². The average molecular weight is 348 g/mol. The van der Waals surface area contributed by atoms with Crippen LogP contribution in [0.3, 0.4) is 0 Å². The zero-order valence-electron chi connectivity index (χ0n) is 16.3. The van der Waals surface area contributed by atoms with Gasteiger partial charge in [0.05, 0.1) is 6.61 Å². The van der Waals surface area contributed by atoms with E-state index in [1.54, 1.807) is 0 Å². The number of nitrogens with two attached hydrogens (primary N) is 1. The van der Waals surface area contributed by atoms with Gasteiger partial charge in [0, 0.05) is 25.2 Å². The van der Waals surface area contributed by atoms with Gasteiger partial charge in [-0.2, -0.15) is 0 Å². The molecule has 5 nitrogen and oxygen atoms in total. The van der Waals surface area contributed by atoms with Gasteiger partial charge in [0.25, 0.3) is 0 Å². The fourth-order valence-electron chi connectivity index (χ4n) is 3.08. The molecule has 1 atom stereocenters. The first kappa shape index (κ1) is 19.7. The lowest BCUT2D eigenvalue weighted by atomic mass is 9.79. The van der Waals surface area contributed by atoms with E-state index < -0.39 is 12.0 Å². The predicted molar refractivity (Wildman–Crippen MR) is 99.7 cm³/mol. The molecule has 1 aromatic rings. The Morgan fingerprint density at radius 1 is 1.24 bits per heavy atom. The molecule has 0 radical (unpaired) electrons. The molecule has 140 valence electrons. The Labute approximate surface area is 151 Å². The molecule has 1 aliphatic heterocycles. The fraction of sp³-hybridized carbons (Fsp3) is 0.650. The number of hydrogen-bond donors (Lipinski definition) is 2. The van der Waals surface area contributed by atoms with E-state index >= 15 is 0 Å². The SMILES string of the molecule is CC(C)(C)c1cc(CN2CCO[C@H](C(N)=O)C2)c(O)c(C(C)(C)C)c1. The summed E-state index contributed by atoms with van der Waals surface area (Å²) in [6, 6.07) is 4.20. The van der Waals surface area contributed by atoms with Crippen molar-refractivity contribution in [3.05, 3.63) is 28.8 Å². The van der Waals surface area contributed by atoms with Gasteiger partial charge in [-0.3, -0.25) is 9.69 Å². The summed E-state index contributed by atoms with van der Waals surface area (Å²) in [5, 5.41) is 10.9. The smallest absolute Gasteiger partial charge is 0.247 e. The number of hydrogen-bond acceptors (Lipinski definition) is 4. The van der Waals surface area contributed by atoms with E-state index in [9.17, 15) is 9.90 Å². The summed E-state index contributed by atoms with van der Waals surface area (Å²) in [7, 11) is 0. The Morgan fingerprint density at radius 3 is 2.40 bits per heavy atom. The molecule has 3 N–H and O–H groups in total. The quantitative estimate of drug-likeness (QED) is 0.880. The molecule has 1 aromatic carbocycles. The number of benzene rings is 1. The Hall–Kier alpha value is -1.59. The number of amides is 1. The second-order valence-electron chi connectivity index (χ2n) is 9.03. The van der Waals surface area contributed by atoms with Gasteiger partial charge >= 0.3 is 0 Å². The molecule has 1 saturated heterocycles. The van der Waals surface area contributed by atoms with Crippen LogP contribution in [0.5, 0.6) is 5.75 Å².